The van der Waals surface area contributed by atoms with E-state index < -0.39 is 11.5 Å². The molecule has 0 aliphatic heterocycles. The van der Waals surface area contributed by atoms with Crippen LogP contribution in [0.3, 0.4) is 0 Å². The van der Waals surface area contributed by atoms with Crippen LogP contribution >= 0.6 is 0 Å². The summed E-state index contributed by atoms with van der Waals surface area (Å²) in [6.45, 7) is 3.62. The molecule has 2 heterocycles. The molecular weight excluding hydrogens is 232 g/mol. The Bertz CT molecular complexity index is 564. The fraction of sp³-hybridized carbons (Fsp3) is 0.385. The van der Waals surface area contributed by atoms with Gasteiger partial charge in [0.05, 0.1) is 11.6 Å². The Morgan fingerprint density at radius 2 is 2.33 bits per heavy atom. The summed E-state index contributed by atoms with van der Waals surface area (Å²) in [6, 6.07) is 3.53. The van der Waals surface area contributed by atoms with Gasteiger partial charge in [-0.05, 0) is 25.5 Å². The average molecular weight is 248 g/mol. The Hall–Kier alpha value is -2.04. The smallest absolute Gasteiger partial charge is 0.329 e. The minimum atomic E-state index is -1.02. The molecular formula is C13H16N2O3. The number of hydrogen-bond acceptors (Lipinski definition) is 4. The lowest BCUT2D eigenvalue weighted by Crippen LogP contribution is -2.43. The van der Waals surface area contributed by atoms with Gasteiger partial charge in [-0.2, -0.15) is 0 Å². The lowest BCUT2D eigenvalue weighted by molar-refractivity contribution is -0.142. The van der Waals surface area contributed by atoms with Crippen LogP contribution in [0.4, 0.5) is 5.82 Å². The van der Waals surface area contributed by atoms with Gasteiger partial charge in [0.1, 0.15) is 16.9 Å². The van der Waals surface area contributed by atoms with Crippen LogP contribution in [-0.4, -0.2) is 21.6 Å². The van der Waals surface area contributed by atoms with E-state index in [9.17, 15) is 9.90 Å². The number of anilines is 1. The van der Waals surface area contributed by atoms with Crippen LogP contribution in [0.15, 0.2) is 29.0 Å². The predicted molar refractivity (Wildman–Crippen MR) is 68.6 cm³/mol. The van der Waals surface area contributed by atoms with Gasteiger partial charge in [0.2, 0.25) is 0 Å². The highest BCUT2D eigenvalue weighted by atomic mass is 16.4. The zero-order chi connectivity index (χ0) is 13.2. The maximum Gasteiger partial charge on any atom is 0.329 e. The first-order chi connectivity index (χ1) is 8.57. The van der Waals surface area contributed by atoms with E-state index in [-0.39, 0.29) is 0 Å². The number of rotatable bonds is 5. The number of aromatic nitrogens is 1. The van der Waals surface area contributed by atoms with Gasteiger partial charge in [0.15, 0.2) is 0 Å². The topological polar surface area (TPSA) is 75.4 Å². The number of furan rings is 1. The summed E-state index contributed by atoms with van der Waals surface area (Å²) in [4.78, 5) is 15.6. The molecule has 96 valence electrons. The monoisotopic (exact) mass is 248 g/mol. The maximum absolute atomic E-state index is 11.4. The van der Waals surface area contributed by atoms with E-state index in [1.54, 1.807) is 31.5 Å². The standard InChI is InChI=1S/C13H16N2O3/c1-3-6-13(2,12(16)17)15-11-9-5-8-18-10(9)4-7-14-11/h4-5,7-8H,3,6H2,1-2H3,(H,14,15)(H,16,17). The minimum absolute atomic E-state index is 0.526. The highest BCUT2D eigenvalue weighted by molar-refractivity contribution is 5.91. The van der Waals surface area contributed by atoms with Crippen molar-refractivity contribution in [3.05, 3.63) is 24.6 Å². The van der Waals surface area contributed by atoms with Crippen LogP contribution in [-0.2, 0) is 4.79 Å². The zero-order valence-electron chi connectivity index (χ0n) is 10.4. The Morgan fingerprint density at radius 3 is 3.00 bits per heavy atom. The first-order valence-corrected chi connectivity index (χ1v) is 5.90. The summed E-state index contributed by atoms with van der Waals surface area (Å²) < 4.78 is 5.27. The van der Waals surface area contributed by atoms with Crippen LogP contribution in [0.1, 0.15) is 26.7 Å². The van der Waals surface area contributed by atoms with E-state index in [4.69, 9.17) is 4.42 Å². The van der Waals surface area contributed by atoms with E-state index in [0.29, 0.717) is 17.8 Å². The number of fused-ring (bicyclic) bond motifs is 1. The van der Waals surface area contributed by atoms with E-state index in [2.05, 4.69) is 10.3 Å². The van der Waals surface area contributed by atoms with Gasteiger partial charge in [0, 0.05) is 6.20 Å². The quantitative estimate of drug-likeness (QED) is 0.850. The van der Waals surface area contributed by atoms with Crippen molar-refractivity contribution in [2.45, 2.75) is 32.2 Å². The summed E-state index contributed by atoms with van der Waals surface area (Å²) >= 11 is 0. The van der Waals surface area contributed by atoms with Crippen molar-refractivity contribution >= 4 is 22.8 Å². The fourth-order valence-electron chi connectivity index (χ4n) is 1.98. The molecule has 0 saturated carbocycles. The molecule has 5 heteroatoms. The Labute approximate surface area is 105 Å². The molecule has 18 heavy (non-hydrogen) atoms. The summed E-state index contributed by atoms with van der Waals surface area (Å²) in [5, 5.41) is 13.1. The third-order valence-electron chi connectivity index (χ3n) is 3.00. The van der Waals surface area contributed by atoms with Gasteiger partial charge in [-0.3, -0.25) is 0 Å². The highest BCUT2D eigenvalue weighted by Crippen LogP contribution is 2.26. The van der Waals surface area contributed by atoms with Crippen molar-refractivity contribution in [3.63, 3.8) is 0 Å². The van der Waals surface area contributed by atoms with Crippen LogP contribution in [0.2, 0.25) is 0 Å². The summed E-state index contributed by atoms with van der Waals surface area (Å²) in [6.07, 6.45) is 4.47. The van der Waals surface area contributed by atoms with E-state index in [0.717, 1.165) is 11.8 Å². The van der Waals surface area contributed by atoms with Gasteiger partial charge in [0.25, 0.3) is 0 Å². The number of carboxylic acids is 1. The molecule has 0 aliphatic carbocycles. The summed E-state index contributed by atoms with van der Waals surface area (Å²) in [5.41, 5.74) is -0.329. The Balaban J connectivity index is 2.37. The van der Waals surface area contributed by atoms with Crippen LogP contribution < -0.4 is 5.32 Å². The normalized spacial score (nSPS) is 14.3. The summed E-state index contributed by atoms with van der Waals surface area (Å²) in [5.74, 6) is -0.341. The number of hydrogen-bond donors (Lipinski definition) is 2. The molecule has 2 aromatic heterocycles. The zero-order valence-corrected chi connectivity index (χ0v) is 10.4. The lowest BCUT2D eigenvalue weighted by Gasteiger charge is -2.26. The van der Waals surface area contributed by atoms with Gasteiger partial charge in [-0.1, -0.05) is 13.3 Å². The van der Waals surface area contributed by atoms with Gasteiger partial charge in [-0.25, -0.2) is 9.78 Å². The van der Waals surface area contributed by atoms with Crippen molar-refractivity contribution in [1.82, 2.24) is 4.98 Å². The molecule has 1 unspecified atom stereocenters. The molecule has 0 spiro atoms. The second-order valence-electron chi connectivity index (χ2n) is 4.50. The number of carbonyl (C=O) groups is 1. The van der Waals surface area contributed by atoms with E-state index >= 15 is 0 Å². The van der Waals surface area contributed by atoms with Crippen LogP contribution in [0.25, 0.3) is 11.0 Å². The van der Waals surface area contributed by atoms with Crippen LogP contribution in [0.5, 0.6) is 0 Å². The molecule has 1 atom stereocenters. The van der Waals surface area contributed by atoms with Crippen molar-refractivity contribution < 1.29 is 14.3 Å². The van der Waals surface area contributed by atoms with Gasteiger partial charge >= 0.3 is 5.97 Å². The lowest BCUT2D eigenvalue weighted by atomic mass is 9.96. The number of pyridine rings is 1. The molecule has 2 N–H and O–H groups in total. The second kappa shape index (κ2) is 4.68. The maximum atomic E-state index is 11.4. The van der Waals surface area contributed by atoms with Crippen molar-refractivity contribution in [1.29, 1.82) is 0 Å². The largest absolute Gasteiger partial charge is 0.480 e. The van der Waals surface area contributed by atoms with Gasteiger partial charge < -0.3 is 14.8 Å². The molecule has 0 fully saturated rings. The highest BCUT2D eigenvalue weighted by Gasteiger charge is 2.32. The number of aliphatic carboxylic acids is 1. The van der Waals surface area contributed by atoms with E-state index in [1.807, 2.05) is 6.92 Å². The molecule has 0 radical (unpaired) electrons. The first kappa shape index (κ1) is 12.4. The molecule has 2 aromatic rings. The Kier molecular flexibility index (Phi) is 3.23. The molecule has 0 bridgehead atoms. The van der Waals surface area contributed by atoms with Crippen molar-refractivity contribution in [2.75, 3.05) is 5.32 Å². The summed E-state index contributed by atoms with van der Waals surface area (Å²) in [7, 11) is 0. The third kappa shape index (κ3) is 2.16. The van der Waals surface area contributed by atoms with E-state index in [1.165, 1.54) is 0 Å². The SMILES string of the molecule is CCCC(C)(Nc1nccc2occc12)C(=O)O. The molecule has 0 aliphatic rings. The van der Waals surface area contributed by atoms with Crippen molar-refractivity contribution in [3.8, 4) is 0 Å². The first-order valence-electron chi connectivity index (χ1n) is 5.90. The fourth-order valence-corrected chi connectivity index (χ4v) is 1.98. The molecule has 2 rings (SSSR count). The minimum Gasteiger partial charge on any atom is -0.480 e. The number of nitrogens with zero attached hydrogens (tertiary/aromatic N) is 1. The molecule has 0 aromatic carbocycles. The number of nitrogens with one attached hydrogen (secondary N) is 1. The predicted octanol–water partition coefficient (Wildman–Crippen LogP) is 2.88. The second-order valence-corrected chi connectivity index (χ2v) is 4.50. The van der Waals surface area contributed by atoms with Crippen molar-refractivity contribution in [2.24, 2.45) is 0 Å². The average Bonchev–Trinajstić information content (AvgIpc) is 2.78. The third-order valence-corrected chi connectivity index (χ3v) is 3.00. The number of carboxylic acid groups (broad SMARTS) is 1. The molecule has 0 saturated heterocycles. The Morgan fingerprint density at radius 1 is 1.56 bits per heavy atom. The van der Waals surface area contributed by atoms with Crippen LogP contribution in [0, 0.1) is 0 Å². The molecule has 5 nitrogen and oxygen atoms in total. The van der Waals surface area contributed by atoms with Gasteiger partial charge in [-0.15, -0.1) is 0 Å². The molecule has 0 amide bonds.